The summed E-state index contributed by atoms with van der Waals surface area (Å²) in [7, 11) is 0. The number of hydrogen-bond acceptors (Lipinski definition) is 5. The van der Waals surface area contributed by atoms with Crippen molar-refractivity contribution in [3.05, 3.63) is 89.8 Å². The predicted octanol–water partition coefficient (Wildman–Crippen LogP) is 5.79. The van der Waals surface area contributed by atoms with Crippen LogP contribution in [0.25, 0.3) is 33.3 Å². The first-order chi connectivity index (χ1) is 15.6. The molecule has 0 spiro atoms. The number of carbonyl (C=O) groups excluding carboxylic acids is 1. The van der Waals surface area contributed by atoms with Crippen molar-refractivity contribution in [2.24, 2.45) is 0 Å². The van der Waals surface area contributed by atoms with Gasteiger partial charge in [0.25, 0.3) is 0 Å². The fourth-order valence-electron chi connectivity index (χ4n) is 4.20. The molecule has 0 amide bonds. The van der Waals surface area contributed by atoms with Gasteiger partial charge >= 0.3 is 0 Å². The van der Waals surface area contributed by atoms with Crippen molar-refractivity contribution in [3.8, 4) is 22.3 Å². The van der Waals surface area contributed by atoms with E-state index in [1.807, 2.05) is 68.7 Å². The Morgan fingerprint density at radius 1 is 1.03 bits per heavy atom. The molecule has 6 heteroatoms. The van der Waals surface area contributed by atoms with Crippen molar-refractivity contribution in [3.63, 3.8) is 0 Å². The van der Waals surface area contributed by atoms with Crippen LogP contribution in [-0.4, -0.2) is 26.0 Å². The summed E-state index contributed by atoms with van der Waals surface area (Å²) in [6.07, 6.45) is 6.65. The van der Waals surface area contributed by atoms with Crippen LogP contribution in [0.5, 0.6) is 0 Å². The third-order valence-corrected chi connectivity index (χ3v) is 5.88. The lowest BCUT2D eigenvalue weighted by Crippen LogP contribution is -2.07. The average molecular weight is 422 g/mol. The van der Waals surface area contributed by atoms with Crippen LogP contribution in [0.1, 0.15) is 40.5 Å². The molecule has 5 rings (SSSR count). The Kier molecular flexibility index (Phi) is 4.90. The van der Waals surface area contributed by atoms with Gasteiger partial charge in [0.1, 0.15) is 12.0 Å². The van der Waals surface area contributed by atoms with E-state index in [-0.39, 0.29) is 6.04 Å². The number of nitrogens with zero attached hydrogens (tertiary/aromatic N) is 4. The highest BCUT2D eigenvalue weighted by molar-refractivity contribution is 5.95. The van der Waals surface area contributed by atoms with Gasteiger partial charge in [-0.25, -0.2) is 0 Å². The Morgan fingerprint density at radius 2 is 1.84 bits per heavy atom. The van der Waals surface area contributed by atoms with Gasteiger partial charge in [0.2, 0.25) is 0 Å². The van der Waals surface area contributed by atoms with Crippen LogP contribution in [0.4, 0.5) is 0 Å². The van der Waals surface area contributed by atoms with Crippen molar-refractivity contribution < 1.29 is 9.32 Å². The molecule has 5 aromatic rings. The Labute approximate surface area is 185 Å². The normalized spacial score (nSPS) is 12.2. The van der Waals surface area contributed by atoms with E-state index in [0.29, 0.717) is 5.56 Å². The van der Waals surface area contributed by atoms with Gasteiger partial charge in [-0.1, -0.05) is 35.5 Å². The van der Waals surface area contributed by atoms with Gasteiger partial charge in [0.05, 0.1) is 28.5 Å². The third kappa shape index (κ3) is 3.30. The Bertz CT molecular complexity index is 1400. The molecule has 0 saturated carbocycles. The highest BCUT2D eigenvalue weighted by Gasteiger charge is 2.20. The van der Waals surface area contributed by atoms with E-state index in [1.165, 1.54) is 0 Å². The minimum atomic E-state index is 0.00316. The maximum Gasteiger partial charge on any atom is 0.150 e. The lowest BCUT2D eigenvalue weighted by Gasteiger charge is -2.15. The van der Waals surface area contributed by atoms with Gasteiger partial charge in [0, 0.05) is 40.8 Å². The number of aldehydes is 1. The minimum absolute atomic E-state index is 0.00316. The summed E-state index contributed by atoms with van der Waals surface area (Å²) in [5.41, 5.74) is 8.28. The fraction of sp³-hybridized carbons (Fsp3) is 0.154. The van der Waals surface area contributed by atoms with Gasteiger partial charge < -0.3 is 9.09 Å². The zero-order valence-electron chi connectivity index (χ0n) is 18.1. The van der Waals surface area contributed by atoms with Gasteiger partial charge in [0.15, 0.2) is 0 Å². The molecule has 0 aliphatic rings. The van der Waals surface area contributed by atoms with Crippen LogP contribution in [0.15, 0.2) is 71.6 Å². The second kappa shape index (κ2) is 7.89. The van der Waals surface area contributed by atoms with E-state index in [9.17, 15) is 4.79 Å². The van der Waals surface area contributed by atoms with Crippen LogP contribution < -0.4 is 0 Å². The molecule has 6 nitrogen and oxygen atoms in total. The first kappa shape index (κ1) is 19.9. The summed E-state index contributed by atoms with van der Waals surface area (Å²) in [6, 6.07) is 15.6. The molecule has 4 aromatic heterocycles. The summed E-state index contributed by atoms with van der Waals surface area (Å²) in [6.45, 7) is 5.98. The van der Waals surface area contributed by atoms with E-state index < -0.39 is 0 Å². The van der Waals surface area contributed by atoms with E-state index in [2.05, 4.69) is 33.9 Å². The van der Waals surface area contributed by atoms with Gasteiger partial charge in [-0.3, -0.25) is 14.8 Å². The van der Waals surface area contributed by atoms with Gasteiger partial charge in [-0.05, 0) is 44.5 Å². The molecule has 0 N–H and O–H groups in total. The third-order valence-electron chi connectivity index (χ3n) is 5.88. The molecular weight excluding hydrogens is 400 g/mol. The van der Waals surface area contributed by atoms with Crippen LogP contribution >= 0.6 is 0 Å². The first-order valence-electron chi connectivity index (χ1n) is 10.5. The number of rotatable bonds is 5. The van der Waals surface area contributed by atoms with E-state index in [0.717, 1.165) is 56.7 Å². The van der Waals surface area contributed by atoms with Crippen LogP contribution in [0.2, 0.25) is 0 Å². The number of aromatic nitrogens is 4. The Hall–Kier alpha value is -4.06. The molecule has 0 aliphatic carbocycles. The lowest BCUT2D eigenvalue weighted by molar-refractivity contribution is 0.112. The SMILES string of the molecule is Cc1noc(C)c1-c1cnc2c(-c3ccc(C=O)cc3)cn(C(C)c3ccccn3)c2c1. The molecule has 4 heterocycles. The molecule has 1 atom stereocenters. The molecule has 0 radical (unpaired) electrons. The summed E-state index contributed by atoms with van der Waals surface area (Å²) in [4.78, 5) is 20.5. The summed E-state index contributed by atoms with van der Waals surface area (Å²) >= 11 is 0. The van der Waals surface area contributed by atoms with E-state index >= 15 is 0 Å². The number of aryl methyl sites for hydroxylation is 2. The second-order valence-corrected chi connectivity index (χ2v) is 7.91. The molecule has 32 heavy (non-hydrogen) atoms. The van der Waals surface area contributed by atoms with Crippen molar-refractivity contribution in [2.45, 2.75) is 26.8 Å². The standard InChI is InChI=1S/C26H22N4O2/c1-16-25(18(3)32-29-16)21-12-24-26(28-13-21)22(20-9-7-19(15-31)8-10-20)14-30(24)17(2)23-6-4-5-11-27-23/h4-15,17H,1-3H3. The zero-order valence-corrected chi connectivity index (χ0v) is 18.1. The average Bonchev–Trinajstić information content (AvgIpc) is 3.38. The molecular formula is C26H22N4O2. The smallest absolute Gasteiger partial charge is 0.150 e. The topological polar surface area (TPSA) is 73.8 Å². The first-order valence-corrected chi connectivity index (χ1v) is 10.5. The monoisotopic (exact) mass is 422 g/mol. The van der Waals surface area contributed by atoms with Crippen molar-refractivity contribution in [1.29, 1.82) is 0 Å². The molecule has 0 aliphatic heterocycles. The number of carbonyl (C=O) groups is 1. The number of hydrogen-bond donors (Lipinski definition) is 0. The number of pyridine rings is 2. The minimum Gasteiger partial charge on any atom is -0.361 e. The summed E-state index contributed by atoms with van der Waals surface area (Å²) < 4.78 is 7.59. The summed E-state index contributed by atoms with van der Waals surface area (Å²) in [5.74, 6) is 0.768. The largest absolute Gasteiger partial charge is 0.361 e. The Balaban J connectivity index is 1.74. The summed E-state index contributed by atoms with van der Waals surface area (Å²) in [5, 5.41) is 4.10. The van der Waals surface area contributed by atoms with Crippen molar-refractivity contribution in [1.82, 2.24) is 19.7 Å². The quantitative estimate of drug-likeness (QED) is 0.335. The van der Waals surface area contributed by atoms with Gasteiger partial charge in [-0.2, -0.15) is 0 Å². The lowest BCUT2D eigenvalue weighted by atomic mass is 10.0. The van der Waals surface area contributed by atoms with Gasteiger partial charge in [-0.15, -0.1) is 0 Å². The van der Waals surface area contributed by atoms with Crippen LogP contribution in [-0.2, 0) is 0 Å². The van der Waals surface area contributed by atoms with Crippen molar-refractivity contribution in [2.75, 3.05) is 0 Å². The zero-order chi connectivity index (χ0) is 22.2. The van der Waals surface area contributed by atoms with E-state index in [4.69, 9.17) is 9.51 Å². The van der Waals surface area contributed by atoms with Crippen molar-refractivity contribution >= 4 is 17.3 Å². The molecule has 0 fully saturated rings. The highest BCUT2D eigenvalue weighted by atomic mass is 16.5. The molecule has 158 valence electrons. The molecule has 0 bridgehead atoms. The molecule has 1 unspecified atom stereocenters. The molecule has 0 saturated heterocycles. The van der Waals surface area contributed by atoms with Crippen LogP contribution in [0.3, 0.4) is 0 Å². The predicted molar refractivity (Wildman–Crippen MR) is 124 cm³/mol. The van der Waals surface area contributed by atoms with E-state index in [1.54, 1.807) is 0 Å². The maximum atomic E-state index is 11.1. The Morgan fingerprint density at radius 3 is 2.50 bits per heavy atom. The molecule has 1 aromatic carbocycles. The fourth-order valence-corrected chi connectivity index (χ4v) is 4.20. The maximum absolute atomic E-state index is 11.1. The van der Waals surface area contributed by atoms with Crippen LogP contribution in [0, 0.1) is 13.8 Å². The second-order valence-electron chi connectivity index (χ2n) is 7.91. The highest BCUT2D eigenvalue weighted by Crippen LogP contribution is 2.36. The number of benzene rings is 1. The number of fused-ring (bicyclic) bond motifs is 1.